The highest BCUT2D eigenvalue weighted by Crippen LogP contribution is 2.43. The Kier molecular flexibility index (Phi) is 1.55. The van der Waals surface area contributed by atoms with E-state index < -0.39 is 0 Å². The highest BCUT2D eigenvalue weighted by Gasteiger charge is 2.29. The average Bonchev–Trinajstić information content (AvgIpc) is 2.06. The third-order valence-electron chi connectivity index (χ3n) is 3.27. The molecule has 2 aliphatic carbocycles. The summed E-state index contributed by atoms with van der Waals surface area (Å²) in [5, 5.41) is 0. The molecular formula is C10H16. The molecular weight excluding hydrogens is 120 g/mol. The molecule has 2 atom stereocenters. The molecule has 0 heterocycles. The van der Waals surface area contributed by atoms with Crippen molar-refractivity contribution >= 4 is 0 Å². The van der Waals surface area contributed by atoms with Crippen molar-refractivity contribution < 1.29 is 0 Å². The molecule has 2 aliphatic rings. The van der Waals surface area contributed by atoms with Crippen molar-refractivity contribution in [1.29, 1.82) is 0 Å². The number of rotatable bonds is 0. The fraction of sp³-hybridized carbons (Fsp3) is 0.800. The fourth-order valence-corrected chi connectivity index (χ4v) is 2.55. The lowest BCUT2D eigenvalue weighted by molar-refractivity contribution is 0.486. The monoisotopic (exact) mass is 136 g/mol. The van der Waals surface area contributed by atoms with Gasteiger partial charge < -0.3 is 0 Å². The van der Waals surface area contributed by atoms with Crippen molar-refractivity contribution in [2.24, 2.45) is 11.8 Å². The molecule has 2 rings (SSSR count). The van der Waals surface area contributed by atoms with Crippen LogP contribution in [0.2, 0.25) is 0 Å². The lowest BCUT2D eigenvalue weighted by Gasteiger charge is -2.08. The van der Waals surface area contributed by atoms with Gasteiger partial charge in [-0.25, -0.2) is 0 Å². The fourth-order valence-electron chi connectivity index (χ4n) is 2.55. The van der Waals surface area contributed by atoms with Crippen LogP contribution in [-0.2, 0) is 0 Å². The molecule has 0 N–H and O–H groups in total. The first-order chi connectivity index (χ1) is 4.88. The number of allylic oxidation sites excluding steroid dienone is 1. The van der Waals surface area contributed by atoms with Crippen LogP contribution in [-0.4, -0.2) is 0 Å². The molecule has 0 aromatic rings. The Morgan fingerprint density at radius 2 is 1.40 bits per heavy atom. The van der Waals surface area contributed by atoms with Crippen LogP contribution in [0.4, 0.5) is 0 Å². The van der Waals surface area contributed by atoms with Gasteiger partial charge in [0.25, 0.3) is 0 Å². The Bertz CT molecular complexity index is 130. The van der Waals surface area contributed by atoms with Crippen molar-refractivity contribution in [3.63, 3.8) is 0 Å². The molecule has 0 heteroatoms. The van der Waals surface area contributed by atoms with E-state index in [-0.39, 0.29) is 0 Å². The summed E-state index contributed by atoms with van der Waals surface area (Å²) in [5.74, 6) is 1.85. The van der Waals surface area contributed by atoms with Gasteiger partial charge in [0, 0.05) is 0 Å². The van der Waals surface area contributed by atoms with E-state index in [4.69, 9.17) is 0 Å². The van der Waals surface area contributed by atoms with Crippen LogP contribution in [0.25, 0.3) is 0 Å². The third-order valence-corrected chi connectivity index (χ3v) is 3.27. The largest absolute Gasteiger partial charge is 0.0993 e. The van der Waals surface area contributed by atoms with Gasteiger partial charge in [0.1, 0.15) is 0 Å². The maximum atomic E-state index is 4.20. The van der Waals surface area contributed by atoms with Gasteiger partial charge in [-0.15, -0.1) is 0 Å². The smallest absolute Gasteiger partial charge is 0.0203 e. The normalized spacial score (nSPS) is 39.8. The predicted molar refractivity (Wildman–Crippen MR) is 43.8 cm³/mol. The van der Waals surface area contributed by atoms with Crippen LogP contribution in [0.5, 0.6) is 0 Å². The van der Waals surface area contributed by atoms with E-state index in [0.29, 0.717) is 0 Å². The van der Waals surface area contributed by atoms with E-state index in [2.05, 4.69) is 6.58 Å². The quantitative estimate of drug-likeness (QED) is 0.449. The van der Waals surface area contributed by atoms with Crippen LogP contribution in [0.3, 0.4) is 0 Å². The zero-order chi connectivity index (χ0) is 6.97. The summed E-state index contributed by atoms with van der Waals surface area (Å²) in [5.41, 5.74) is 1.59. The molecule has 10 heavy (non-hydrogen) atoms. The highest BCUT2D eigenvalue weighted by atomic mass is 14.3. The Morgan fingerprint density at radius 1 is 0.900 bits per heavy atom. The second-order valence-corrected chi connectivity index (χ2v) is 3.83. The van der Waals surface area contributed by atoms with Gasteiger partial charge in [0.15, 0.2) is 0 Å². The molecule has 0 aliphatic heterocycles. The standard InChI is InChI=1S/C10H16/c1-8-9-4-2-3-5-10(8)7-6-9/h9-10H,1-7H2. The van der Waals surface area contributed by atoms with Crippen molar-refractivity contribution in [3.8, 4) is 0 Å². The molecule has 0 aromatic carbocycles. The zero-order valence-corrected chi connectivity index (χ0v) is 6.60. The summed E-state index contributed by atoms with van der Waals surface area (Å²) >= 11 is 0. The van der Waals surface area contributed by atoms with E-state index in [1.54, 1.807) is 5.57 Å². The topological polar surface area (TPSA) is 0 Å². The molecule has 0 aromatic heterocycles. The lowest BCUT2D eigenvalue weighted by atomic mass is 9.98. The maximum absolute atomic E-state index is 4.20. The number of hydrogen-bond acceptors (Lipinski definition) is 0. The first-order valence-corrected chi connectivity index (χ1v) is 4.56. The van der Waals surface area contributed by atoms with Crippen LogP contribution in [0.15, 0.2) is 12.2 Å². The summed E-state index contributed by atoms with van der Waals surface area (Å²) in [6, 6.07) is 0. The molecule has 0 amide bonds. The Morgan fingerprint density at radius 3 is 1.90 bits per heavy atom. The average molecular weight is 136 g/mol. The second-order valence-electron chi connectivity index (χ2n) is 3.83. The summed E-state index contributed by atoms with van der Waals surface area (Å²) in [4.78, 5) is 0. The first-order valence-electron chi connectivity index (χ1n) is 4.56. The van der Waals surface area contributed by atoms with E-state index in [1.165, 1.54) is 38.5 Å². The van der Waals surface area contributed by atoms with Gasteiger partial charge in [-0.3, -0.25) is 0 Å². The van der Waals surface area contributed by atoms with Crippen LogP contribution >= 0.6 is 0 Å². The summed E-state index contributed by atoms with van der Waals surface area (Å²) in [6.45, 7) is 4.20. The molecule has 0 saturated heterocycles. The Labute approximate surface area is 63.3 Å². The Hall–Kier alpha value is -0.260. The molecule has 0 radical (unpaired) electrons. The molecule has 2 saturated carbocycles. The molecule has 0 spiro atoms. The third kappa shape index (κ3) is 0.902. The van der Waals surface area contributed by atoms with E-state index in [1.807, 2.05) is 0 Å². The molecule has 2 unspecified atom stereocenters. The molecule has 2 bridgehead atoms. The first kappa shape index (κ1) is 6.45. The van der Waals surface area contributed by atoms with Gasteiger partial charge >= 0.3 is 0 Å². The van der Waals surface area contributed by atoms with Crippen LogP contribution in [0.1, 0.15) is 38.5 Å². The van der Waals surface area contributed by atoms with E-state index >= 15 is 0 Å². The van der Waals surface area contributed by atoms with Crippen LogP contribution < -0.4 is 0 Å². The second kappa shape index (κ2) is 2.41. The number of fused-ring (bicyclic) bond motifs is 2. The van der Waals surface area contributed by atoms with Crippen molar-refractivity contribution in [3.05, 3.63) is 12.2 Å². The predicted octanol–water partition coefficient (Wildman–Crippen LogP) is 3.14. The lowest BCUT2D eigenvalue weighted by Crippen LogP contribution is -1.95. The molecule has 2 fully saturated rings. The molecule has 0 nitrogen and oxygen atoms in total. The van der Waals surface area contributed by atoms with Crippen molar-refractivity contribution in [1.82, 2.24) is 0 Å². The van der Waals surface area contributed by atoms with Gasteiger partial charge in [-0.1, -0.05) is 25.0 Å². The van der Waals surface area contributed by atoms with Crippen LogP contribution in [0, 0.1) is 11.8 Å². The highest BCUT2D eigenvalue weighted by molar-refractivity contribution is 5.12. The zero-order valence-electron chi connectivity index (χ0n) is 6.60. The number of hydrogen-bond donors (Lipinski definition) is 0. The maximum Gasteiger partial charge on any atom is -0.0203 e. The Balaban J connectivity index is 2.14. The SMILES string of the molecule is C=C1C2CCCCC1CC2. The summed E-state index contributed by atoms with van der Waals surface area (Å²) in [6.07, 6.45) is 8.69. The van der Waals surface area contributed by atoms with Gasteiger partial charge in [0.05, 0.1) is 0 Å². The van der Waals surface area contributed by atoms with Gasteiger partial charge in [0.2, 0.25) is 0 Å². The van der Waals surface area contributed by atoms with Crippen molar-refractivity contribution in [2.45, 2.75) is 38.5 Å². The van der Waals surface area contributed by atoms with Gasteiger partial charge in [-0.2, -0.15) is 0 Å². The molecule has 56 valence electrons. The summed E-state index contributed by atoms with van der Waals surface area (Å²) in [7, 11) is 0. The minimum atomic E-state index is 0.924. The van der Waals surface area contributed by atoms with E-state index in [9.17, 15) is 0 Å². The minimum absolute atomic E-state index is 0.924. The summed E-state index contributed by atoms with van der Waals surface area (Å²) < 4.78 is 0. The van der Waals surface area contributed by atoms with Crippen molar-refractivity contribution in [2.75, 3.05) is 0 Å². The minimum Gasteiger partial charge on any atom is -0.0993 e. The van der Waals surface area contributed by atoms with Gasteiger partial charge in [-0.05, 0) is 37.5 Å². The van der Waals surface area contributed by atoms with E-state index in [0.717, 1.165) is 11.8 Å².